The Kier molecular flexibility index (Phi) is 5.70. The van der Waals surface area contributed by atoms with Gasteiger partial charge in [0.05, 0.1) is 0 Å². The zero-order chi connectivity index (χ0) is 14.3. The normalized spacial score (nSPS) is 23.0. The van der Waals surface area contributed by atoms with E-state index in [1.807, 2.05) is 0 Å². The van der Waals surface area contributed by atoms with Crippen LogP contribution in [0.4, 0.5) is 0 Å². The van der Waals surface area contributed by atoms with Crippen molar-refractivity contribution in [1.82, 2.24) is 10.2 Å². The fourth-order valence-electron chi connectivity index (χ4n) is 3.95. The summed E-state index contributed by atoms with van der Waals surface area (Å²) in [6.45, 7) is 6.28. The van der Waals surface area contributed by atoms with Crippen molar-refractivity contribution in [2.24, 2.45) is 0 Å². The molecule has 1 aromatic carbocycles. The molecule has 2 heteroatoms. The summed E-state index contributed by atoms with van der Waals surface area (Å²) in [5.41, 5.74) is 3.19. The van der Waals surface area contributed by atoms with Crippen molar-refractivity contribution < 1.29 is 0 Å². The van der Waals surface area contributed by atoms with Crippen LogP contribution in [-0.4, -0.2) is 37.6 Å². The molecule has 1 unspecified atom stereocenters. The molecule has 1 fully saturated rings. The van der Waals surface area contributed by atoms with Gasteiger partial charge in [-0.2, -0.15) is 0 Å². The molecule has 1 aliphatic heterocycles. The Hall–Kier alpha value is -0.860. The molecule has 21 heavy (non-hydrogen) atoms. The van der Waals surface area contributed by atoms with E-state index >= 15 is 0 Å². The molecule has 3 rings (SSSR count). The maximum Gasteiger partial charge on any atom is 0.00202 e. The highest BCUT2D eigenvalue weighted by Crippen LogP contribution is 2.30. The predicted molar refractivity (Wildman–Crippen MR) is 89.9 cm³/mol. The van der Waals surface area contributed by atoms with Crippen LogP contribution in [-0.2, 0) is 6.42 Å². The fourth-order valence-corrected chi connectivity index (χ4v) is 3.95. The molecule has 116 valence electrons. The molecule has 0 bridgehead atoms. The van der Waals surface area contributed by atoms with Crippen molar-refractivity contribution >= 4 is 0 Å². The smallest absolute Gasteiger partial charge is 0.00202 e. The van der Waals surface area contributed by atoms with Gasteiger partial charge in [-0.25, -0.2) is 0 Å². The summed E-state index contributed by atoms with van der Waals surface area (Å²) >= 11 is 0. The number of nitrogens with one attached hydrogen (secondary N) is 1. The third kappa shape index (κ3) is 4.31. The van der Waals surface area contributed by atoms with Crippen LogP contribution in [0.3, 0.4) is 0 Å². The van der Waals surface area contributed by atoms with Crippen LogP contribution in [0.2, 0.25) is 0 Å². The molecule has 1 N–H and O–H groups in total. The number of hydrogen-bond donors (Lipinski definition) is 1. The molecule has 0 aromatic heterocycles. The summed E-state index contributed by atoms with van der Waals surface area (Å²) in [6.07, 6.45) is 9.55. The predicted octanol–water partition coefficient (Wildman–Crippen LogP) is 3.57. The summed E-state index contributed by atoms with van der Waals surface area (Å²) < 4.78 is 0. The monoisotopic (exact) mass is 286 g/mol. The number of fused-ring (bicyclic) bond motifs is 1. The van der Waals surface area contributed by atoms with Crippen molar-refractivity contribution in [3.8, 4) is 0 Å². The van der Waals surface area contributed by atoms with E-state index in [0.29, 0.717) is 0 Å². The van der Waals surface area contributed by atoms with Gasteiger partial charge >= 0.3 is 0 Å². The van der Waals surface area contributed by atoms with Gasteiger partial charge in [0.25, 0.3) is 0 Å². The lowest BCUT2D eigenvalue weighted by molar-refractivity contribution is 0.225. The largest absolute Gasteiger partial charge is 0.316 e. The minimum Gasteiger partial charge on any atom is -0.316 e. The number of hydrogen-bond acceptors (Lipinski definition) is 2. The second-order valence-corrected chi connectivity index (χ2v) is 6.75. The van der Waals surface area contributed by atoms with Gasteiger partial charge in [-0.05, 0) is 81.7 Å². The van der Waals surface area contributed by atoms with E-state index < -0.39 is 0 Å². The van der Waals surface area contributed by atoms with Crippen LogP contribution in [0.25, 0.3) is 0 Å². The molecule has 1 aliphatic carbocycles. The third-order valence-corrected chi connectivity index (χ3v) is 5.16. The van der Waals surface area contributed by atoms with Gasteiger partial charge in [-0.3, -0.25) is 0 Å². The van der Waals surface area contributed by atoms with E-state index in [0.717, 1.165) is 12.5 Å². The van der Waals surface area contributed by atoms with Crippen molar-refractivity contribution in [1.29, 1.82) is 0 Å². The van der Waals surface area contributed by atoms with Crippen molar-refractivity contribution in [2.45, 2.75) is 50.9 Å². The van der Waals surface area contributed by atoms with E-state index in [9.17, 15) is 0 Å². The van der Waals surface area contributed by atoms with Gasteiger partial charge in [0.2, 0.25) is 0 Å². The molecule has 2 aliphatic rings. The molecule has 1 heterocycles. The highest BCUT2D eigenvalue weighted by atomic mass is 15.1. The number of piperidine rings is 1. The minimum atomic E-state index is 0.741. The van der Waals surface area contributed by atoms with E-state index in [2.05, 4.69) is 34.5 Å². The summed E-state index contributed by atoms with van der Waals surface area (Å²) in [6, 6.07) is 9.05. The maximum absolute atomic E-state index is 3.71. The van der Waals surface area contributed by atoms with Crippen molar-refractivity contribution in [2.75, 3.05) is 32.7 Å². The van der Waals surface area contributed by atoms with E-state index in [4.69, 9.17) is 0 Å². The van der Waals surface area contributed by atoms with Crippen LogP contribution < -0.4 is 5.32 Å². The number of nitrogens with zero attached hydrogens (tertiary/aromatic N) is 1. The van der Waals surface area contributed by atoms with Crippen LogP contribution in [0.1, 0.15) is 55.6 Å². The van der Waals surface area contributed by atoms with Gasteiger partial charge in [-0.1, -0.05) is 30.7 Å². The lowest BCUT2D eigenvalue weighted by Gasteiger charge is -2.27. The standard InChI is InChI=1S/C19H30N2/c1-4-13-21(14-5-1)15-7-12-20-16-18-10-6-9-17-8-2-3-11-19(17)18/h2-3,8,11,18,20H,1,4-7,9-10,12-16H2. The molecule has 0 saturated carbocycles. The molecule has 0 radical (unpaired) electrons. The maximum atomic E-state index is 3.71. The fraction of sp³-hybridized carbons (Fsp3) is 0.684. The Labute approximate surface area is 129 Å². The zero-order valence-electron chi connectivity index (χ0n) is 13.3. The second-order valence-electron chi connectivity index (χ2n) is 6.75. The third-order valence-electron chi connectivity index (χ3n) is 5.16. The minimum absolute atomic E-state index is 0.741. The summed E-state index contributed by atoms with van der Waals surface area (Å²) in [7, 11) is 0. The Morgan fingerprint density at radius 2 is 1.90 bits per heavy atom. The number of aryl methyl sites for hydroxylation is 1. The zero-order valence-corrected chi connectivity index (χ0v) is 13.3. The van der Waals surface area contributed by atoms with Gasteiger partial charge in [0.15, 0.2) is 0 Å². The highest BCUT2D eigenvalue weighted by Gasteiger charge is 2.19. The van der Waals surface area contributed by atoms with E-state index in [1.165, 1.54) is 71.1 Å². The molecule has 1 aromatic rings. The lowest BCUT2D eigenvalue weighted by atomic mass is 9.83. The molecule has 0 amide bonds. The molecule has 1 atom stereocenters. The molecular weight excluding hydrogens is 256 g/mol. The number of rotatable bonds is 6. The highest BCUT2D eigenvalue weighted by molar-refractivity contribution is 5.32. The lowest BCUT2D eigenvalue weighted by Crippen LogP contribution is -2.33. The topological polar surface area (TPSA) is 15.3 Å². The molecule has 2 nitrogen and oxygen atoms in total. The van der Waals surface area contributed by atoms with Gasteiger partial charge in [-0.15, -0.1) is 0 Å². The van der Waals surface area contributed by atoms with E-state index in [-0.39, 0.29) is 0 Å². The van der Waals surface area contributed by atoms with E-state index in [1.54, 1.807) is 11.1 Å². The van der Waals surface area contributed by atoms with Crippen molar-refractivity contribution in [3.05, 3.63) is 35.4 Å². The Bertz CT molecular complexity index is 423. The second kappa shape index (κ2) is 7.95. The quantitative estimate of drug-likeness (QED) is 0.804. The van der Waals surface area contributed by atoms with Crippen LogP contribution >= 0.6 is 0 Å². The average Bonchev–Trinajstić information content (AvgIpc) is 2.56. The van der Waals surface area contributed by atoms with Gasteiger partial charge in [0, 0.05) is 6.54 Å². The average molecular weight is 286 g/mol. The first kappa shape index (κ1) is 15.1. The first-order valence-corrected chi connectivity index (χ1v) is 8.94. The SMILES string of the molecule is c1ccc2c(c1)CCCC2CNCCCN1CCCCC1. The Morgan fingerprint density at radius 3 is 2.81 bits per heavy atom. The summed E-state index contributed by atoms with van der Waals surface area (Å²) in [5, 5.41) is 3.71. The molecule has 1 saturated heterocycles. The van der Waals surface area contributed by atoms with Gasteiger partial charge in [0.1, 0.15) is 0 Å². The Morgan fingerprint density at radius 1 is 1.05 bits per heavy atom. The molecular formula is C19H30N2. The van der Waals surface area contributed by atoms with Crippen molar-refractivity contribution in [3.63, 3.8) is 0 Å². The number of benzene rings is 1. The first-order chi connectivity index (χ1) is 10.4. The summed E-state index contributed by atoms with van der Waals surface area (Å²) in [5.74, 6) is 0.741. The summed E-state index contributed by atoms with van der Waals surface area (Å²) in [4.78, 5) is 2.64. The Balaban J connectivity index is 1.36. The number of likely N-dealkylation sites (tertiary alicyclic amines) is 1. The van der Waals surface area contributed by atoms with Crippen LogP contribution in [0.5, 0.6) is 0 Å². The molecule has 0 spiro atoms. The van der Waals surface area contributed by atoms with Crippen LogP contribution in [0.15, 0.2) is 24.3 Å². The van der Waals surface area contributed by atoms with Crippen LogP contribution in [0, 0.1) is 0 Å². The first-order valence-electron chi connectivity index (χ1n) is 8.94. The van der Waals surface area contributed by atoms with Gasteiger partial charge < -0.3 is 10.2 Å².